The summed E-state index contributed by atoms with van der Waals surface area (Å²) in [5, 5.41) is 2.33. The van der Waals surface area contributed by atoms with Crippen molar-refractivity contribution < 1.29 is 9.47 Å². The highest BCUT2D eigenvalue weighted by molar-refractivity contribution is 8.34. The Bertz CT molecular complexity index is 3810. The second-order valence-electron chi connectivity index (χ2n) is 17.7. The zero-order chi connectivity index (χ0) is 46.9. The number of ether oxygens (including phenoxy) is 2. The Morgan fingerprint density at radius 1 is 0.338 bits per heavy atom. The van der Waals surface area contributed by atoms with Gasteiger partial charge in [-0.05, 0) is 109 Å². The molecule has 2 aliphatic heterocycles. The molecule has 12 aromatic rings. The molecule has 4 heterocycles. The summed E-state index contributed by atoms with van der Waals surface area (Å²) in [6.07, 6.45) is 0. The molecule has 2 aromatic heterocycles. The van der Waals surface area contributed by atoms with Crippen molar-refractivity contribution in [1.29, 1.82) is 0 Å². The number of hydrogen-bond donors (Lipinski definition) is 0. The molecule has 338 valence electrons. The number of fused-ring (bicyclic) bond motifs is 11. The SMILES string of the molecule is c1ccc(S(c2ccccc2)(c2ccccc2)c2cccc(-c3nc(-c4ccc5c(c4)Oc4ccccc4S54c5ccccc5Oc5ccccc54)cc(-n4c5ccccc5c5ccccc54)n3)c2)cc1. The van der Waals surface area contributed by atoms with Crippen LogP contribution in [0.2, 0.25) is 0 Å². The molecule has 0 radical (unpaired) electrons. The van der Waals surface area contributed by atoms with Crippen LogP contribution in [0.4, 0.5) is 0 Å². The van der Waals surface area contributed by atoms with E-state index < -0.39 is 20.1 Å². The minimum Gasteiger partial charge on any atom is -0.455 e. The lowest BCUT2D eigenvalue weighted by molar-refractivity contribution is 0.440. The number of aromatic nitrogens is 3. The normalized spacial score (nSPS) is 13.8. The number of nitrogens with zero attached hydrogens (tertiary/aromatic N) is 3. The van der Waals surface area contributed by atoms with E-state index in [2.05, 4.69) is 265 Å². The summed E-state index contributed by atoms with van der Waals surface area (Å²) in [7, 11) is -4.04. The molecule has 0 bridgehead atoms. The van der Waals surface area contributed by atoms with E-state index in [1.165, 1.54) is 30.4 Å². The molecule has 0 atom stereocenters. The molecular weight excluding hydrogens is 907 g/mol. The molecule has 0 fully saturated rings. The minimum atomic E-state index is -2.05. The van der Waals surface area contributed by atoms with Gasteiger partial charge < -0.3 is 9.47 Å². The van der Waals surface area contributed by atoms with Crippen molar-refractivity contribution >= 4 is 41.9 Å². The largest absolute Gasteiger partial charge is 0.455 e. The van der Waals surface area contributed by atoms with Crippen LogP contribution in [-0.2, 0) is 0 Å². The predicted octanol–water partition coefficient (Wildman–Crippen LogP) is 17.8. The van der Waals surface area contributed by atoms with E-state index in [0.717, 1.165) is 76.3 Å². The maximum absolute atomic E-state index is 7.04. The summed E-state index contributed by atoms with van der Waals surface area (Å²) in [4.78, 5) is 20.7. The van der Waals surface area contributed by atoms with Crippen molar-refractivity contribution in [3.63, 3.8) is 0 Å². The van der Waals surface area contributed by atoms with Gasteiger partial charge in [-0.25, -0.2) is 9.97 Å². The van der Waals surface area contributed by atoms with Gasteiger partial charge in [0.05, 0.1) is 16.7 Å². The van der Waals surface area contributed by atoms with E-state index >= 15 is 0 Å². The summed E-state index contributed by atoms with van der Waals surface area (Å²) in [6.45, 7) is 0. The highest BCUT2D eigenvalue weighted by atomic mass is 32.3. The number of para-hydroxylation sites is 5. The lowest BCUT2D eigenvalue weighted by atomic mass is 10.1. The Kier molecular flexibility index (Phi) is 9.62. The molecule has 7 heteroatoms. The van der Waals surface area contributed by atoms with Crippen LogP contribution in [-0.4, -0.2) is 14.5 Å². The molecule has 10 aromatic carbocycles. The van der Waals surface area contributed by atoms with Crippen molar-refractivity contribution in [1.82, 2.24) is 14.5 Å². The predicted molar refractivity (Wildman–Crippen MR) is 287 cm³/mol. The van der Waals surface area contributed by atoms with Crippen LogP contribution in [0.3, 0.4) is 0 Å². The summed E-state index contributed by atoms with van der Waals surface area (Å²) < 4.78 is 16.0. The van der Waals surface area contributed by atoms with Crippen LogP contribution in [0.15, 0.2) is 300 Å². The van der Waals surface area contributed by atoms with E-state index in [0.29, 0.717) is 5.82 Å². The average Bonchev–Trinajstić information content (AvgIpc) is 3.78. The lowest BCUT2D eigenvalue weighted by Gasteiger charge is -2.48. The number of hydrogen-bond acceptors (Lipinski definition) is 4. The molecular formula is C64H43N3O2S2. The van der Waals surface area contributed by atoms with Crippen molar-refractivity contribution in [2.24, 2.45) is 0 Å². The van der Waals surface area contributed by atoms with E-state index in [1.807, 2.05) is 0 Å². The van der Waals surface area contributed by atoms with Gasteiger partial charge in [-0.2, -0.15) is 0 Å². The summed E-state index contributed by atoms with van der Waals surface area (Å²) >= 11 is 0. The van der Waals surface area contributed by atoms with Gasteiger partial charge in [0.15, 0.2) is 5.82 Å². The Morgan fingerprint density at radius 3 is 1.34 bits per heavy atom. The maximum atomic E-state index is 7.04. The third kappa shape index (κ3) is 6.30. The van der Waals surface area contributed by atoms with Gasteiger partial charge in [-0.1, -0.05) is 146 Å². The van der Waals surface area contributed by atoms with Gasteiger partial charge in [0.25, 0.3) is 0 Å². The van der Waals surface area contributed by atoms with Gasteiger partial charge in [0.2, 0.25) is 0 Å². The van der Waals surface area contributed by atoms with E-state index in [9.17, 15) is 0 Å². The number of rotatable bonds is 7. The Hall–Kier alpha value is -8.62. The zero-order valence-electron chi connectivity index (χ0n) is 38.3. The Balaban J connectivity index is 1.02. The van der Waals surface area contributed by atoms with Crippen LogP contribution in [0, 0.1) is 0 Å². The highest BCUT2D eigenvalue weighted by Gasteiger charge is 2.46. The first-order chi connectivity index (χ1) is 35.2. The molecule has 0 unspecified atom stereocenters. The molecule has 5 nitrogen and oxygen atoms in total. The van der Waals surface area contributed by atoms with Crippen LogP contribution >= 0.6 is 20.1 Å². The third-order valence-electron chi connectivity index (χ3n) is 13.8. The Morgan fingerprint density at radius 2 is 0.789 bits per heavy atom. The second kappa shape index (κ2) is 16.5. The molecule has 0 N–H and O–H groups in total. The van der Waals surface area contributed by atoms with Crippen molar-refractivity contribution in [2.75, 3.05) is 0 Å². The van der Waals surface area contributed by atoms with E-state index in [1.54, 1.807) is 0 Å². The lowest BCUT2D eigenvalue weighted by Crippen LogP contribution is -2.16. The first-order valence-corrected chi connectivity index (χ1v) is 27.0. The van der Waals surface area contributed by atoms with Crippen molar-refractivity contribution in [3.8, 4) is 51.5 Å². The van der Waals surface area contributed by atoms with Gasteiger partial charge in [0.1, 0.15) is 28.8 Å². The fraction of sp³-hybridized carbons (Fsp3) is 0. The summed E-state index contributed by atoms with van der Waals surface area (Å²) in [6, 6.07) is 93.3. The molecule has 1 spiro atoms. The molecule has 0 saturated carbocycles. The van der Waals surface area contributed by atoms with Gasteiger partial charge in [0, 0.05) is 67.1 Å². The van der Waals surface area contributed by atoms with Crippen molar-refractivity contribution in [2.45, 2.75) is 39.2 Å². The first-order valence-electron chi connectivity index (χ1n) is 23.8. The van der Waals surface area contributed by atoms with Gasteiger partial charge >= 0.3 is 0 Å². The van der Waals surface area contributed by atoms with Gasteiger partial charge in [-0.15, -0.1) is 20.1 Å². The maximum Gasteiger partial charge on any atom is 0.162 e. The highest BCUT2D eigenvalue weighted by Crippen LogP contribution is 2.83. The average molecular weight is 950 g/mol. The van der Waals surface area contributed by atoms with E-state index in [-0.39, 0.29) is 0 Å². The van der Waals surface area contributed by atoms with E-state index in [4.69, 9.17) is 19.4 Å². The first kappa shape index (κ1) is 41.4. The molecule has 0 amide bonds. The quantitative estimate of drug-likeness (QED) is 0.160. The number of benzene rings is 10. The molecule has 14 rings (SSSR count). The molecule has 2 aliphatic rings. The summed E-state index contributed by atoms with van der Waals surface area (Å²) in [5.74, 6) is 4.77. The minimum absolute atomic E-state index is 0.627. The van der Waals surface area contributed by atoms with Crippen LogP contribution < -0.4 is 9.47 Å². The van der Waals surface area contributed by atoms with Crippen molar-refractivity contribution in [3.05, 3.63) is 261 Å². The standard InChI is InChI=1S/C64H43N3O2S2/c1-4-22-46(23-5-1)70(47-24-6-2-7-25-47,48-26-8-3-9-27-48)49-28-20-21-45(41-49)64-65-52(43-63(66-64)67-53-31-12-10-29-50(53)51-30-11-13-32-54(51)67)44-39-40-62-58(42-44)69-57-35-16-19-38-61(57)71(62)59-36-17-14-33-55(59)68-56-34-15-18-37-60(56)71/h1-43H. The smallest absolute Gasteiger partial charge is 0.162 e. The molecule has 0 saturated heterocycles. The molecule has 0 aliphatic carbocycles. The topological polar surface area (TPSA) is 49.2 Å². The second-order valence-corrected chi connectivity index (χ2v) is 23.8. The zero-order valence-corrected chi connectivity index (χ0v) is 39.9. The third-order valence-corrected chi connectivity index (χ3v) is 21.7. The Labute approximate surface area is 415 Å². The monoisotopic (exact) mass is 949 g/mol. The fourth-order valence-corrected chi connectivity index (χ4v) is 18.9. The van der Waals surface area contributed by atoms with Crippen LogP contribution in [0.1, 0.15) is 0 Å². The van der Waals surface area contributed by atoms with Crippen LogP contribution in [0.25, 0.3) is 50.3 Å². The molecule has 71 heavy (non-hydrogen) atoms. The fourth-order valence-electron chi connectivity index (χ4n) is 10.8. The van der Waals surface area contributed by atoms with Crippen LogP contribution in [0.5, 0.6) is 23.0 Å². The van der Waals surface area contributed by atoms with Gasteiger partial charge in [-0.3, -0.25) is 4.57 Å². The summed E-state index contributed by atoms with van der Waals surface area (Å²) in [5.41, 5.74) is 4.78.